The van der Waals surface area contributed by atoms with E-state index in [1.807, 2.05) is 10.8 Å². The molecule has 2 aromatic rings. The smallest absolute Gasteiger partial charge is 0.239 e. The van der Waals surface area contributed by atoms with Crippen LogP contribution in [0.25, 0.3) is 10.9 Å². The maximum absolute atomic E-state index is 11.6. The lowest BCUT2D eigenvalue weighted by Gasteiger charge is -2.12. The van der Waals surface area contributed by atoms with Crippen LogP contribution in [-0.2, 0) is 17.9 Å². The molecule has 4 nitrogen and oxygen atoms in total. The van der Waals surface area contributed by atoms with Crippen LogP contribution in [0.2, 0.25) is 0 Å². The van der Waals surface area contributed by atoms with Crippen molar-refractivity contribution < 1.29 is 4.79 Å². The van der Waals surface area contributed by atoms with Gasteiger partial charge in [-0.25, -0.2) is 0 Å². The van der Waals surface area contributed by atoms with Crippen molar-refractivity contribution in [1.82, 2.24) is 15.2 Å². The molecule has 0 spiro atoms. The fourth-order valence-electron chi connectivity index (χ4n) is 2.16. The summed E-state index contributed by atoms with van der Waals surface area (Å²) in [5.74, 6) is 0.0177. The Kier molecular flexibility index (Phi) is 4.22. The molecule has 1 amide bonds. The molecule has 2 rings (SSSR count). The second kappa shape index (κ2) is 5.89. The monoisotopic (exact) mass is 259 g/mol. The molecule has 0 saturated heterocycles. The Hall–Kier alpha value is -1.81. The quantitative estimate of drug-likeness (QED) is 0.861. The van der Waals surface area contributed by atoms with Crippen molar-refractivity contribution in [1.29, 1.82) is 0 Å². The van der Waals surface area contributed by atoms with Crippen molar-refractivity contribution in [3.63, 3.8) is 0 Å². The van der Waals surface area contributed by atoms with Gasteiger partial charge in [-0.15, -0.1) is 0 Å². The minimum atomic E-state index is 0.0177. The van der Waals surface area contributed by atoms with Gasteiger partial charge in [-0.3, -0.25) is 4.79 Å². The summed E-state index contributed by atoms with van der Waals surface area (Å²) in [4.78, 5) is 11.6. The Morgan fingerprint density at radius 1 is 1.32 bits per heavy atom. The van der Waals surface area contributed by atoms with Gasteiger partial charge in [0.2, 0.25) is 5.91 Å². The number of aromatic nitrogens is 1. The van der Waals surface area contributed by atoms with Crippen LogP contribution in [0.5, 0.6) is 0 Å². The second-order valence-corrected chi connectivity index (χ2v) is 5.01. The molecule has 102 valence electrons. The molecule has 0 aliphatic carbocycles. The lowest BCUT2D eigenvalue weighted by Crippen LogP contribution is -2.24. The second-order valence-electron chi connectivity index (χ2n) is 5.01. The third-order valence-corrected chi connectivity index (χ3v) is 3.17. The van der Waals surface area contributed by atoms with Crippen molar-refractivity contribution in [3.8, 4) is 0 Å². The Balaban J connectivity index is 2.34. The molecular weight excluding hydrogens is 238 g/mol. The van der Waals surface area contributed by atoms with Crippen LogP contribution in [0.1, 0.15) is 19.4 Å². The molecule has 0 atom stereocenters. The highest BCUT2D eigenvalue weighted by Crippen LogP contribution is 2.20. The minimum Gasteiger partial charge on any atom is -0.358 e. The van der Waals surface area contributed by atoms with E-state index in [1.165, 1.54) is 10.9 Å². The minimum absolute atomic E-state index is 0.0177. The number of rotatable bonds is 5. The highest BCUT2D eigenvalue weighted by atomic mass is 16.1. The first-order valence-corrected chi connectivity index (χ1v) is 6.62. The molecule has 0 unspecified atom stereocenters. The molecule has 0 bridgehead atoms. The number of carbonyl (C=O) groups excluding carboxylic acids is 1. The fraction of sp³-hybridized carbons (Fsp3) is 0.400. The summed E-state index contributed by atoms with van der Waals surface area (Å²) in [5, 5.41) is 7.26. The number of nitrogens with one attached hydrogen (secondary N) is 2. The van der Waals surface area contributed by atoms with Gasteiger partial charge in [0.05, 0.1) is 5.52 Å². The summed E-state index contributed by atoms with van der Waals surface area (Å²) >= 11 is 0. The summed E-state index contributed by atoms with van der Waals surface area (Å²) in [6.07, 6.45) is 1.97. The number of hydrogen-bond acceptors (Lipinski definition) is 2. The Bertz CT molecular complexity index is 572. The molecule has 1 heterocycles. The molecule has 19 heavy (non-hydrogen) atoms. The van der Waals surface area contributed by atoms with Crippen LogP contribution in [-0.4, -0.2) is 23.6 Å². The molecule has 0 aliphatic rings. The third kappa shape index (κ3) is 3.15. The first kappa shape index (κ1) is 13.6. The molecule has 0 fully saturated rings. The van der Waals surface area contributed by atoms with Gasteiger partial charge in [0, 0.05) is 25.8 Å². The molecule has 1 aromatic carbocycles. The predicted octanol–water partition coefficient (Wildman–Crippen LogP) is 1.89. The van der Waals surface area contributed by atoms with E-state index in [2.05, 4.69) is 48.7 Å². The zero-order valence-corrected chi connectivity index (χ0v) is 11.7. The lowest BCUT2D eigenvalue weighted by molar-refractivity contribution is -0.121. The number of carbonyl (C=O) groups is 1. The maximum Gasteiger partial charge on any atom is 0.239 e. The molecule has 2 N–H and O–H groups in total. The number of nitrogens with zero attached hydrogens (tertiary/aromatic N) is 1. The van der Waals surface area contributed by atoms with Gasteiger partial charge in [-0.2, -0.15) is 0 Å². The molecule has 1 aromatic heterocycles. The summed E-state index contributed by atoms with van der Waals surface area (Å²) < 4.78 is 2.01. The van der Waals surface area contributed by atoms with Crippen LogP contribution in [0.4, 0.5) is 0 Å². The molecule has 4 heteroatoms. The van der Waals surface area contributed by atoms with Gasteiger partial charge in [0.1, 0.15) is 6.54 Å². The Morgan fingerprint density at radius 2 is 2.11 bits per heavy atom. The van der Waals surface area contributed by atoms with Gasteiger partial charge < -0.3 is 15.2 Å². The van der Waals surface area contributed by atoms with E-state index in [1.54, 1.807) is 7.05 Å². The van der Waals surface area contributed by atoms with Gasteiger partial charge in [0.25, 0.3) is 0 Å². The van der Waals surface area contributed by atoms with E-state index in [9.17, 15) is 4.79 Å². The highest BCUT2D eigenvalue weighted by Gasteiger charge is 2.09. The average molecular weight is 259 g/mol. The van der Waals surface area contributed by atoms with Gasteiger partial charge in [0.15, 0.2) is 0 Å². The molecular formula is C15H21N3O. The highest BCUT2D eigenvalue weighted by molar-refractivity contribution is 5.85. The van der Waals surface area contributed by atoms with Gasteiger partial charge in [-0.1, -0.05) is 32.0 Å². The van der Waals surface area contributed by atoms with E-state index in [0.717, 1.165) is 12.1 Å². The van der Waals surface area contributed by atoms with E-state index < -0.39 is 0 Å². The van der Waals surface area contributed by atoms with Gasteiger partial charge >= 0.3 is 0 Å². The SMILES string of the molecule is CNC(=O)Cn1ccc2cccc(CNC(C)C)c21. The lowest BCUT2D eigenvalue weighted by atomic mass is 10.1. The van der Waals surface area contributed by atoms with Crippen LogP contribution < -0.4 is 10.6 Å². The average Bonchev–Trinajstić information content (AvgIpc) is 2.80. The maximum atomic E-state index is 11.6. The van der Waals surface area contributed by atoms with Crippen molar-refractivity contribution in [2.75, 3.05) is 7.05 Å². The predicted molar refractivity (Wildman–Crippen MR) is 78.0 cm³/mol. The van der Waals surface area contributed by atoms with Crippen LogP contribution in [0.3, 0.4) is 0 Å². The number of para-hydroxylation sites is 1. The topological polar surface area (TPSA) is 46.1 Å². The van der Waals surface area contributed by atoms with E-state index in [0.29, 0.717) is 12.6 Å². The molecule has 0 saturated carbocycles. The first-order chi connectivity index (χ1) is 9.11. The number of fused-ring (bicyclic) bond motifs is 1. The zero-order chi connectivity index (χ0) is 13.8. The van der Waals surface area contributed by atoms with E-state index >= 15 is 0 Å². The van der Waals surface area contributed by atoms with Crippen LogP contribution in [0, 0.1) is 0 Å². The summed E-state index contributed by atoms with van der Waals surface area (Å²) in [6.45, 7) is 5.43. The standard InChI is InChI=1S/C15H21N3O/c1-11(2)17-9-13-6-4-5-12-7-8-18(15(12)13)10-14(19)16-3/h4-8,11,17H,9-10H2,1-3H3,(H,16,19). The number of benzene rings is 1. The van der Waals surface area contributed by atoms with E-state index in [4.69, 9.17) is 0 Å². The van der Waals surface area contributed by atoms with Crippen molar-refractivity contribution in [2.45, 2.75) is 33.0 Å². The Labute approximate surface area is 113 Å². The van der Waals surface area contributed by atoms with Crippen molar-refractivity contribution in [3.05, 3.63) is 36.0 Å². The Morgan fingerprint density at radius 3 is 2.79 bits per heavy atom. The summed E-state index contributed by atoms with van der Waals surface area (Å²) in [7, 11) is 1.66. The number of likely N-dealkylation sites (N-methyl/N-ethyl adjacent to an activating group) is 1. The van der Waals surface area contributed by atoms with Crippen molar-refractivity contribution in [2.24, 2.45) is 0 Å². The summed E-state index contributed by atoms with van der Waals surface area (Å²) in [5.41, 5.74) is 2.36. The zero-order valence-electron chi connectivity index (χ0n) is 11.7. The van der Waals surface area contributed by atoms with Crippen LogP contribution >= 0.6 is 0 Å². The summed E-state index contributed by atoms with van der Waals surface area (Å²) in [6, 6.07) is 8.74. The molecule has 0 radical (unpaired) electrons. The van der Waals surface area contributed by atoms with Crippen molar-refractivity contribution >= 4 is 16.8 Å². The largest absolute Gasteiger partial charge is 0.358 e. The fourth-order valence-corrected chi connectivity index (χ4v) is 2.16. The first-order valence-electron chi connectivity index (χ1n) is 6.62. The number of amides is 1. The normalized spacial score (nSPS) is 11.2. The van der Waals surface area contributed by atoms with Gasteiger partial charge in [-0.05, 0) is 17.0 Å². The number of hydrogen-bond donors (Lipinski definition) is 2. The molecule has 0 aliphatic heterocycles. The third-order valence-electron chi connectivity index (χ3n) is 3.17. The van der Waals surface area contributed by atoms with E-state index in [-0.39, 0.29) is 5.91 Å². The van der Waals surface area contributed by atoms with Crippen LogP contribution in [0.15, 0.2) is 30.5 Å².